The third-order valence-electron chi connectivity index (χ3n) is 2.29. The number of rotatable bonds is 6. The van der Waals surface area contributed by atoms with E-state index >= 15 is 0 Å². The van der Waals surface area contributed by atoms with Crippen molar-refractivity contribution in [1.82, 2.24) is 4.90 Å². The van der Waals surface area contributed by atoms with E-state index in [9.17, 15) is 9.59 Å². The van der Waals surface area contributed by atoms with Crippen molar-refractivity contribution in [2.24, 2.45) is 0 Å². The molecule has 0 aromatic heterocycles. The fourth-order valence-electron chi connectivity index (χ4n) is 1.26. The highest BCUT2D eigenvalue weighted by Crippen LogP contribution is 2.09. The van der Waals surface area contributed by atoms with Crippen LogP contribution in [0.25, 0.3) is 0 Å². The first kappa shape index (κ1) is 14.0. The molecular weight excluding hydrogens is 236 g/mol. The number of hydrogen-bond donors (Lipinski definition) is 2. The van der Waals surface area contributed by atoms with Gasteiger partial charge in [0.05, 0.1) is 6.61 Å². The zero-order valence-electron chi connectivity index (χ0n) is 10.1. The van der Waals surface area contributed by atoms with Gasteiger partial charge in [-0.25, -0.2) is 4.79 Å². The van der Waals surface area contributed by atoms with Crippen LogP contribution in [0.4, 0.5) is 10.5 Å². The number of hydrogen-bond acceptors (Lipinski definition) is 4. The van der Waals surface area contributed by atoms with Gasteiger partial charge in [-0.15, -0.1) is 0 Å². The monoisotopic (exact) mass is 252 g/mol. The Balaban J connectivity index is 2.43. The molecule has 18 heavy (non-hydrogen) atoms. The van der Waals surface area contributed by atoms with Crippen molar-refractivity contribution in [2.75, 3.05) is 25.5 Å². The Hall–Kier alpha value is -2.08. The maximum Gasteiger partial charge on any atom is 0.409 e. The molecule has 0 bridgehead atoms. The first-order chi connectivity index (χ1) is 8.67. The second-order valence-electron chi connectivity index (χ2n) is 3.66. The lowest BCUT2D eigenvalue weighted by Crippen LogP contribution is -2.29. The lowest BCUT2D eigenvalue weighted by atomic mass is 10.2. The van der Waals surface area contributed by atoms with Crippen molar-refractivity contribution in [2.45, 2.75) is 6.61 Å². The van der Waals surface area contributed by atoms with E-state index in [1.165, 1.54) is 4.90 Å². The first-order valence-corrected chi connectivity index (χ1v) is 5.45. The Labute approximate surface area is 105 Å². The molecule has 0 saturated carbocycles. The number of benzene rings is 1. The van der Waals surface area contributed by atoms with Crippen molar-refractivity contribution in [3.8, 4) is 0 Å². The van der Waals surface area contributed by atoms with Crippen LogP contribution >= 0.6 is 0 Å². The second kappa shape index (κ2) is 7.29. The Morgan fingerprint density at radius 1 is 1.44 bits per heavy atom. The predicted molar refractivity (Wildman–Crippen MR) is 66.0 cm³/mol. The number of aliphatic hydroxyl groups excluding tert-OH is 1. The number of aliphatic hydroxyl groups is 1. The largest absolute Gasteiger partial charge is 0.445 e. The summed E-state index contributed by atoms with van der Waals surface area (Å²) in [5.74, 6) is 0. The molecule has 0 spiro atoms. The van der Waals surface area contributed by atoms with Crippen LogP contribution in [-0.2, 0) is 16.1 Å². The number of carbonyl (C=O) groups is 2. The zero-order chi connectivity index (χ0) is 13.4. The summed E-state index contributed by atoms with van der Waals surface area (Å²) in [5.41, 5.74) is 1.50. The van der Waals surface area contributed by atoms with Crippen LogP contribution in [0, 0.1) is 0 Å². The lowest BCUT2D eigenvalue weighted by molar-refractivity contribution is -0.105. The molecule has 0 fully saturated rings. The van der Waals surface area contributed by atoms with Gasteiger partial charge in [-0.05, 0) is 17.7 Å². The standard InChI is InChI=1S/C12H16N2O4/c1-14(6-7-15)12(17)18-8-10-2-4-11(5-3-10)13-9-16/h2-5,9,15H,6-8H2,1H3,(H,13,16). The maximum atomic E-state index is 11.4. The highest BCUT2D eigenvalue weighted by Gasteiger charge is 2.08. The zero-order valence-corrected chi connectivity index (χ0v) is 10.1. The topological polar surface area (TPSA) is 78.9 Å². The number of ether oxygens (including phenoxy) is 1. The Bertz CT molecular complexity index is 392. The minimum absolute atomic E-state index is 0.0995. The molecule has 98 valence electrons. The SMILES string of the molecule is CN(CCO)C(=O)OCc1ccc(NC=O)cc1. The molecule has 1 rings (SSSR count). The molecule has 0 aliphatic rings. The molecule has 1 aromatic carbocycles. The number of carbonyl (C=O) groups excluding carboxylic acids is 2. The lowest BCUT2D eigenvalue weighted by Gasteiger charge is -2.15. The summed E-state index contributed by atoms with van der Waals surface area (Å²) >= 11 is 0. The second-order valence-corrected chi connectivity index (χ2v) is 3.66. The molecule has 0 unspecified atom stereocenters. The molecular formula is C12H16N2O4. The van der Waals surface area contributed by atoms with Gasteiger partial charge in [-0.2, -0.15) is 0 Å². The average molecular weight is 252 g/mol. The number of nitrogens with one attached hydrogen (secondary N) is 1. The van der Waals surface area contributed by atoms with Crippen molar-refractivity contribution >= 4 is 18.2 Å². The van der Waals surface area contributed by atoms with Gasteiger partial charge in [0.1, 0.15) is 6.61 Å². The van der Waals surface area contributed by atoms with Crippen LogP contribution in [0.1, 0.15) is 5.56 Å². The molecule has 6 heteroatoms. The van der Waals surface area contributed by atoms with Crippen LogP contribution in [0.3, 0.4) is 0 Å². The fraction of sp³-hybridized carbons (Fsp3) is 0.333. The molecule has 0 heterocycles. The van der Waals surface area contributed by atoms with Gasteiger partial charge in [0, 0.05) is 19.3 Å². The van der Waals surface area contributed by atoms with E-state index in [1.54, 1.807) is 31.3 Å². The predicted octanol–water partition coefficient (Wildman–Crippen LogP) is 0.816. The molecule has 0 aliphatic heterocycles. The van der Waals surface area contributed by atoms with E-state index in [4.69, 9.17) is 9.84 Å². The minimum atomic E-state index is -0.487. The minimum Gasteiger partial charge on any atom is -0.445 e. The van der Waals surface area contributed by atoms with E-state index in [-0.39, 0.29) is 19.8 Å². The van der Waals surface area contributed by atoms with Gasteiger partial charge in [-0.1, -0.05) is 12.1 Å². The van der Waals surface area contributed by atoms with Crippen molar-refractivity contribution in [3.63, 3.8) is 0 Å². The Morgan fingerprint density at radius 3 is 2.67 bits per heavy atom. The summed E-state index contributed by atoms with van der Waals surface area (Å²) in [6.07, 6.45) is 0.109. The molecule has 0 saturated heterocycles. The van der Waals surface area contributed by atoms with Crippen LogP contribution in [0.5, 0.6) is 0 Å². The molecule has 2 N–H and O–H groups in total. The number of anilines is 1. The van der Waals surface area contributed by atoms with E-state index in [1.807, 2.05) is 0 Å². The van der Waals surface area contributed by atoms with Crippen molar-refractivity contribution in [3.05, 3.63) is 29.8 Å². The third kappa shape index (κ3) is 4.42. The normalized spacial score (nSPS) is 9.67. The Morgan fingerprint density at radius 2 is 2.11 bits per heavy atom. The Kier molecular flexibility index (Phi) is 5.66. The van der Waals surface area contributed by atoms with Crippen molar-refractivity contribution in [1.29, 1.82) is 0 Å². The van der Waals surface area contributed by atoms with Gasteiger partial charge < -0.3 is 20.1 Å². The quantitative estimate of drug-likeness (QED) is 0.734. The van der Waals surface area contributed by atoms with E-state index in [0.717, 1.165) is 5.56 Å². The number of amides is 2. The van der Waals surface area contributed by atoms with Gasteiger partial charge in [0.2, 0.25) is 6.41 Å². The summed E-state index contributed by atoms with van der Waals surface area (Å²) in [6, 6.07) is 6.94. The first-order valence-electron chi connectivity index (χ1n) is 5.45. The summed E-state index contributed by atoms with van der Waals surface area (Å²) in [4.78, 5) is 22.9. The summed E-state index contributed by atoms with van der Waals surface area (Å²) in [6.45, 7) is 0.286. The third-order valence-corrected chi connectivity index (χ3v) is 2.29. The molecule has 0 aliphatic carbocycles. The van der Waals surface area contributed by atoms with Gasteiger partial charge >= 0.3 is 6.09 Å². The summed E-state index contributed by atoms with van der Waals surface area (Å²) < 4.78 is 5.03. The highest BCUT2D eigenvalue weighted by molar-refractivity contribution is 5.71. The van der Waals surface area contributed by atoms with E-state index < -0.39 is 6.09 Å². The number of nitrogens with zero attached hydrogens (tertiary/aromatic N) is 1. The molecule has 0 atom stereocenters. The van der Waals surface area contributed by atoms with Gasteiger partial charge in [0.15, 0.2) is 0 Å². The fourth-order valence-corrected chi connectivity index (χ4v) is 1.26. The molecule has 1 aromatic rings. The smallest absolute Gasteiger partial charge is 0.409 e. The molecule has 0 radical (unpaired) electrons. The van der Waals surface area contributed by atoms with Crippen molar-refractivity contribution < 1.29 is 19.4 Å². The van der Waals surface area contributed by atoms with E-state index in [0.29, 0.717) is 12.1 Å². The highest BCUT2D eigenvalue weighted by atomic mass is 16.6. The maximum absolute atomic E-state index is 11.4. The van der Waals surface area contributed by atoms with Crippen LogP contribution < -0.4 is 5.32 Å². The summed E-state index contributed by atoms with van der Waals surface area (Å²) in [7, 11) is 1.55. The summed E-state index contributed by atoms with van der Waals surface area (Å²) in [5, 5.41) is 11.2. The van der Waals surface area contributed by atoms with Gasteiger partial charge in [-0.3, -0.25) is 4.79 Å². The van der Waals surface area contributed by atoms with Crippen LogP contribution in [0.2, 0.25) is 0 Å². The van der Waals surface area contributed by atoms with Crippen LogP contribution in [-0.4, -0.2) is 42.7 Å². The number of likely N-dealkylation sites (N-methyl/N-ethyl adjacent to an activating group) is 1. The van der Waals surface area contributed by atoms with Crippen LogP contribution in [0.15, 0.2) is 24.3 Å². The molecule has 6 nitrogen and oxygen atoms in total. The average Bonchev–Trinajstić information content (AvgIpc) is 2.38. The van der Waals surface area contributed by atoms with Gasteiger partial charge in [0.25, 0.3) is 0 Å². The van der Waals surface area contributed by atoms with E-state index in [2.05, 4.69) is 5.32 Å². The molecule has 2 amide bonds.